The maximum atomic E-state index is 12.1. The third-order valence-corrected chi connectivity index (χ3v) is 5.73. The molecular formula is C16H19N3O3S. The number of aryl methyl sites for hydroxylation is 1. The molecule has 1 saturated carbocycles. The van der Waals surface area contributed by atoms with E-state index in [0.717, 1.165) is 16.5 Å². The van der Waals surface area contributed by atoms with Gasteiger partial charge < -0.3 is 10.6 Å². The molecule has 1 heterocycles. The van der Waals surface area contributed by atoms with Crippen LogP contribution in [0.1, 0.15) is 18.4 Å². The molecule has 122 valence electrons. The number of benzene rings is 1. The molecule has 1 aliphatic carbocycles. The van der Waals surface area contributed by atoms with Crippen LogP contribution >= 0.6 is 0 Å². The maximum absolute atomic E-state index is 12.1. The van der Waals surface area contributed by atoms with Crippen molar-refractivity contribution < 1.29 is 13.2 Å². The summed E-state index contributed by atoms with van der Waals surface area (Å²) in [5.74, 6) is 0. The molecule has 0 aliphatic heterocycles. The zero-order valence-electron chi connectivity index (χ0n) is 13.0. The van der Waals surface area contributed by atoms with Crippen LogP contribution < -0.4 is 10.6 Å². The van der Waals surface area contributed by atoms with Gasteiger partial charge in [-0.2, -0.15) is 0 Å². The van der Waals surface area contributed by atoms with Crippen LogP contribution in [0.2, 0.25) is 0 Å². The average Bonchev–Trinajstić information content (AvgIpc) is 2.41. The number of urea groups is 1. The topological polar surface area (TPSA) is 88.2 Å². The number of carbonyl (C=O) groups excluding carboxylic acids is 1. The van der Waals surface area contributed by atoms with Crippen LogP contribution in [0, 0.1) is 6.92 Å². The fraction of sp³-hybridized carbons (Fsp3) is 0.375. The number of rotatable bonds is 3. The number of anilines is 1. The summed E-state index contributed by atoms with van der Waals surface area (Å²) in [7, 11) is -3.01. The van der Waals surface area contributed by atoms with Crippen molar-refractivity contribution in [3.8, 4) is 0 Å². The van der Waals surface area contributed by atoms with Crippen molar-refractivity contribution >= 4 is 32.5 Å². The molecule has 0 radical (unpaired) electrons. The highest BCUT2D eigenvalue weighted by molar-refractivity contribution is 7.91. The number of nitrogens with one attached hydrogen (secondary N) is 2. The van der Waals surface area contributed by atoms with Gasteiger partial charge in [-0.05, 0) is 43.5 Å². The average molecular weight is 333 g/mol. The Hall–Kier alpha value is -2.15. The lowest BCUT2D eigenvalue weighted by Gasteiger charge is -2.34. The fourth-order valence-electron chi connectivity index (χ4n) is 2.81. The molecule has 0 saturated heterocycles. The van der Waals surface area contributed by atoms with Gasteiger partial charge in [0.05, 0.1) is 16.5 Å². The Balaban J connectivity index is 1.68. The van der Waals surface area contributed by atoms with E-state index >= 15 is 0 Å². The Bertz CT molecular complexity index is 858. The van der Waals surface area contributed by atoms with E-state index in [-0.39, 0.29) is 17.3 Å². The third-order valence-electron chi connectivity index (χ3n) is 4.13. The van der Waals surface area contributed by atoms with Gasteiger partial charge in [-0.1, -0.05) is 6.07 Å². The van der Waals surface area contributed by atoms with Crippen LogP contribution in [-0.4, -0.2) is 37.0 Å². The van der Waals surface area contributed by atoms with Crippen LogP contribution in [0.15, 0.2) is 30.5 Å². The van der Waals surface area contributed by atoms with E-state index in [1.807, 2.05) is 31.2 Å². The van der Waals surface area contributed by atoms with Crippen LogP contribution in [0.25, 0.3) is 10.9 Å². The van der Waals surface area contributed by atoms with E-state index in [1.165, 1.54) is 6.26 Å². The smallest absolute Gasteiger partial charge is 0.319 e. The first-order valence-corrected chi connectivity index (χ1v) is 9.40. The molecule has 7 heteroatoms. The highest BCUT2D eigenvalue weighted by Crippen LogP contribution is 2.27. The summed E-state index contributed by atoms with van der Waals surface area (Å²) in [4.78, 5) is 16.4. The predicted octanol–water partition coefficient (Wildman–Crippen LogP) is 2.24. The van der Waals surface area contributed by atoms with Gasteiger partial charge in [0.1, 0.15) is 9.84 Å². The van der Waals surface area contributed by atoms with Gasteiger partial charge in [0, 0.05) is 23.9 Å². The number of carbonyl (C=O) groups is 1. The second kappa shape index (κ2) is 5.81. The second-order valence-corrected chi connectivity index (χ2v) is 8.43. The quantitative estimate of drug-likeness (QED) is 0.901. The number of pyridine rings is 1. The fourth-order valence-corrected chi connectivity index (χ4v) is 3.98. The lowest BCUT2D eigenvalue weighted by molar-refractivity contribution is 0.240. The monoisotopic (exact) mass is 333 g/mol. The summed E-state index contributed by atoms with van der Waals surface area (Å²) in [6.45, 7) is 1.96. The van der Waals surface area contributed by atoms with Gasteiger partial charge in [0.15, 0.2) is 0 Å². The number of amides is 2. The Labute approximate surface area is 135 Å². The van der Waals surface area contributed by atoms with E-state index in [1.54, 1.807) is 6.20 Å². The lowest BCUT2D eigenvalue weighted by Crippen LogP contribution is -2.50. The molecule has 2 aromatic rings. The van der Waals surface area contributed by atoms with E-state index in [4.69, 9.17) is 0 Å². The number of nitrogens with zero attached hydrogens (tertiary/aromatic N) is 1. The van der Waals surface area contributed by atoms with Gasteiger partial charge in [0.25, 0.3) is 0 Å². The first kappa shape index (κ1) is 15.7. The zero-order valence-corrected chi connectivity index (χ0v) is 13.9. The first-order chi connectivity index (χ1) is 10.8. The number of hydrogen-bond donors (Lipinski definition) is 2. The molecule has 23 heavy (non-hydrogen) atoms. The summed E-state index contributed by atoms with van der Waals surface area (Å²) in [5.41, 5.74) is 2.41. The summed E-state index contributed by atoms with van der Waals surface area (Å²) in [6.07, 6.45) is 3.86. The number of hydrogen-bond acceptors (Lipinski definition) is 4. The van der Waals surface area contributed by atoms with Crippen molar-refractivity contribution in [2.45, 2.75) is 31.1 Å². The molecule has 0 bridgehead atoms. The number of sulfone groups is 1. The SMILES string of the molecule is Cc1cc(NC(=O)NC2CC(S(C)(=O)=O)C2)c2ncccc2c1. The van der Waals surface area contributed by atoms with Gasteiger partial charge >= 0.3 is 6.03 Å². The lowest BCUT2D eigenvalue weighted by atomic mass is 9.92. The minimum Gasteiger partial charge on any atom is -0.335 e. The van der Waals surface area contributed by atoms with Crippen LogP contribution in [-0.2, 0) is 9.84 Å². The van der Waals surface area contributed by atoms with Crippen LogP contribution in [0.4, 0.5) is 10.5 Å². The molecule has 0 unspecified atom stereocenters. The van der Waals surface area contributed by atoms with Crippen molar-refractivity contribution in [2.24, 2.45) is 0 Å². The maximum Gasteiger partial charge on any atom is 0.319 e. The number of aromatic nitrogens is 1. The van der Waals surface area contributed by atoms with E-state index in [0.29, 0.717) is 18.5 Å². The largest absolute Gasteiger partial charge is 0.335 e. The molecule has 2 N–H and O–H groups in total. The van der Waals surface area contributed by atoms with E-state index in [2.05, 4.69) is 15.6 Å². The summed E-state index contributed by atoms with van der Waals surface area (Å²) in [5, 5.41) is 6.25. The zero-order chi connectivity index (χ0) is 16.6. The Morgan fingerprint density at radius 2 is 2.04 bits per heavy atom. The van der Waals surface area contributed by atoms with E-state index < -0.39 is 9.84 Å². The molecule has 3 rings (SSSR count). The van der Waals surface area contributed by atoms with Crippen LogP contribution in [0.3, 0.4) is 0 Å². The first-order valence-electron chi connectivity index (χ1n) is 7.44. The molecule has 1 aromatic heterocycles. The molecule has 0 atom stereocenters. The van der Waals surface area contributed by atoms with Crippen molar-refractivity contribution in [2.75, 3.05) is 11.6 Å². The Morgan fingerprint density at radius 3 is 2.74 bits per heavy atom. The minimum atomic E-state index is -3.01. The Kier molecular flexibility index (Phi) is 3.97. The van der Waals surface area contributed by atoms with Crippen molar-refractivity contribution in [3.63, 3.8) is 0 Å². The molecule has 1 aliphatic rings. The third kappa shape index (κ3) is 3.44. The van der Waals surface area contributed by atoms with Gasteiger partial charge in [-0.3, -0.25) is 4.98 Å². The summed E-state index contributed by atoms with van der Waals surface area (Å²) < 4.78 is 22.8. The predicted molar refractivity (Wildman–Crippen MR) is 90.3 cm³/mol. The van der Waals surface area contributed by atoms with Crippen molar-refractivity contribution in [1.29, 1.82) is 0 Å². The molecule has 1 fully saturated rings. The van der Waals surface area contributed by atoms with Gasteiger partial charge in [0.2, 0.25) is 0 Å². The molecule has 2 amide bonds. The normalized spacial score (nSPS) is 20.8. The van der Waals surface area contributed by atoms with Crippen molar-refractivity contribution in [3.05, 3.63) is 36.0 Å². The second-order valence-electron chi connectivity index (χ2n) is 6.11. The van der Waals surface area contributed by atoms with Crippen LogP contribution in [0.5, 0.6) is 0 Å². The van der Waals surface area contributed by atoms with Gasteiger partial charge in [-0.25, -0.2) is 13.2 Å². The highest BCUT2D eigenvalue weighted by atomic mass is 32.2. The summed E-state index contributed by atoms with van der Waals surface area (Å²) >= 11 is 0. The molecular weight excluding hydrogens is 314 g/mol. The summed E-state index contributed by atoms with van der Waals surface area (Å²) in [6, 6.07) is 7.24. The van der Waals surface area contributed by atoms with E-state index in [9.17, 15) is 13.2 Å². The standard InChI is InChI=1S/C16H19N3O3S/c1-10-6-11-4-3-5-17-15(11)14(7-10)19-16(20)18-12-8-13(9-12)23(2,21)22/h3-7,12-13H,8-9H2,1-2H3,(H2,18,19,20). The van der Waals surface area contributed by atoms with Gasteiger partial charge in [-0.15, -0.1) is 0 Å². The molecule has 6 nitrogen and oxygen atoms in total. The van der Waals surface area contributed by atoms with Crippen molar-refractivity contribution in [1.82, 2.24) is 10.3 Å². The molecule has 0 spiro atoms. The Morgan fingerprint density at radius 1 is 1.30 bits per heavy atom. The molecule has 1 aromatic carbocycles. The number of fused-ring (bicyclic) bond motifs is 1. The minimum absolute atomic E-state index is 0.0984. The highest BCUT2D eigenvalue weighted by Gasteiger charge is 2.36.